The van der Waals surface area contributed by atoms with E-state index in [2.05, 4.69) is 25.2 Å². The lowest BCUT2D eigenvalue weighted by molar-refractivity contribution is 0.718. The van der Waals surface area contributed by atoms with Gasteiger partial charge in [0.15, 0.2) is 0 Å². The normalized spacial score (nSPS) is 23.5. The Kier molecular flexibility index (Phi) is 3.71. The maximum Gasteiger partial charge on any atom is 0.0226 e. The van der Waals surface area contributed by atoms with Crippen molar-refractivity contribution in [1.82, 2.24) is 0 Å². The van der Waals surface area contributed by atoms with E-state index in [4.69, 9.17) is 11.6 Å². The molecule has 0 saturated carbocycles. The molecule has 0 aliphatic heterocycles. The van der Waals surface area contributed by atoms with E-state index in [0.717, 1.165) is 24.6 Å². The van der Waals surface area contributed by atoms with Crippen molar-refractivity contribution in [1.29, 1.82) is 0 Å². The Hall–Kier alpha value is -0.230. The van der Waals surface area contributed by atoms with Crippen LogP contribution in [-0.2, 0) is 0 Å². The molecular weight excluding hydrogens is 156 g/mol. The smallest absolute Gasteiger partial charge is 0.0226 e. The Labute approximate surface area is 73.9 Å². The molecule has 0 nitrogen and oxygen atoms in total. The highest BCUT2D eigenvalue weighted by Gasteiger charge is 2.02. The van der Waals surface area contributed by atoms with Crippen molar-refractivity contribution in [2.45, 2.75) is 26.2 Å². The van der Waals surface area contributed by atoms with Gasteiger partial charge in [-0.25, -0.2) is 0 Å². The third kappa shape index (κ3) is 3.11. The van der Waals surface area contributed by atoms with Crippen LogP contribution in [-0.4, -0.2) is 5.88 Å². The Balaban J connectivity index is 2.37. The van der Waals surface area contributed by atoms with Crippen LogP contribution in [0.3, 0.4) is 0 Å². The topological polar surface area (TPSA) is 0 Å². The average Bonchev–Trinajstić information content (AvgIpc) is 2.01. The highest BCUT2D eigenvalue weighted by molar-refractivity contribution is 6.17. The van der Waals surface area contributed by atoms with Gasteiger partial charge in [0.05, 0.1) is 0 Å². The first-order valence-corrected chi connectivity index (χ1v) is 4.79. The summed E-state index contributed by atoms with van der Waals surface area (Å²) in [4.78, 5) is 0. The Morgan fingerprint density at radius 1 is 1.64 bits per heavy atom. The SMILES string of the molecule is CC1C=C(CCCCl)C=CC1. The van der Waals surface area contributed by atoms with E-state index in [1.165, 1.54) is 12.0 Å². The van der Waals surface area contributed by atoms with E-state index in [9.17, 15) is 0 Å². The van der Waals surface area contributed by atoms with E-state index in [-0.39, 0.29) is 0 Å². The minimum absolute atomic E-state index is 0.727. The molecule has 0 fully saturated rings. The zero-order valence-electron chi connectivity index (χ0n) is 7.02. The zero-order chi connectivity index (χ0) is 8.10. The fourth-order valence-corrected chi connectivity index (χ4v) is 1.49. The summed E-state index contributed by atoms with van der Waals surface area (Å²) in [5, 5.41) is 0. The quantitative estimate of drug-likeness (QED) is 0.569. The second-order valence-electron chi connectivity index (χ2n) is 3.15. The van der Waals surface area contributed by atoms with Crippen LogP contribution < -0.4 is 0 Å². The third-order valence-electron chi connectivity index (χ3n) is 1.94. The molecule has 11 heavy (non-hydrogen) atoms. The van der Waals surface area contributed by atoms with E-state index in [1.807, 2.05) is 0 Å². The molecule has 0 spiro atoms. The Morgan fingerprint density at radius 3 is 3.09 bits per heavy atom. The summed E-state index contributed by atoms with van der Waals surface area (Å²) in [6.07, 6.45) is 10.3. The van der Waals surface area contributed by atoms with Gasteiger partial charge in [0.1, 0.15) is 0 Å². The monoisotopic (exact) mass is 170 g/mol. The lowest BCUT2D eigenvalue weighted by Crippen LogP contribution is -1.95. The van der Waals surface area contributed by atoms with Crippen LogP contribution in [0.25, 0.3) is 0 Å². The van der Waals surface area contributed by atoms with Crippen molar-refractivity contribution in [3.8, 4) is 0 Å². The first-order chi connectivity index (χ1) is 5.33. The Morgan fingerprint density at radius 2 is 2.45 bits per heavy atom. The molecule has 0 saturated heterocycles. The van der Waals surface area contributed by atoms with Crippen LogP contribution in [0.2, 0.25) is 0 Å². The molecule has 62 valence electrons. The molecule has 1 rings (SSSR count). The van der Waals surface area contributed by atoms with Crippen LogP contribution in [0.15, 0.2) is 23.8 Å². The van der Waals surface area contributed by atoms with Crippen molar-refractivity contribution < 1.29 is 0 Å². The standard InChI is InChI=1S/C10H15Cl/c1-9-4-2-5-10(8-9)6-3-7-11/h2,5,8-9H,3-4,6-7H2,1H3. The van der Waals surface area contributed by atoms with E-state index in [0.29, 0.717) is 0 Å². The lowest BCUT2D eigenvalue weighted by Gasteiger charge is -2.11. The van der Waals surface area contributed by atoms with Gasteiger partial charge in [0.2, 0.25) is 0 Å². The van der Waals surface area contributed by atoms with Gasteiger partial charge in [-0.1, -0.05) is 30.7 Å². The molecule has 0 aromatic rings. The summed E-state index contributed by atoms with van der Waals surface area (Å²) in [6, 6.07) is 0. The van der Waals surface area contributed by atoms with Crippen molar-refractivity contribution in [2.24, 2.45) is 5.92 Å². The predicted octanol–water partition coefficient (Wildman–Crippen LogP) is 3.53. The summed E-state index contributed by atoms with van der Waals surface area (Å²) in [7, 11) is 0. The second-order valence-corrected chi connectivity index (χ2v) is 3.53. The highest BCUT2D eigenvalue weighted by atomic mass is 35.5. The lowest BCUT2D eigenvalue weighted by atomic mass is 9.96. The van der Waals surface area contributed by atoms with Crippen molar-refractivity contribution in [3.63, 3.8) is 0 Å². The summed E-state index contributed by atoms with van der Waals surface area (Å²) < 4.78 is 0. The molecule has 1 unspecified atom stereocenters. The minimum Gasteiger partial charge on any atom is -0.127 e. The Bertz CT molecular complexity index is 168. The van der Waals surface area contributed by atoms with Crippen LogP contribution >= 0.6 is 11.6 Å². The fourth-order valence-electron chi connectivity index (χ4n) is 1.36. The third-order valence-corrected chi connectivity index (χ3v) is 2.20. The van der Waals surface area contributed by atoms with Gasteiger partial charge >= 0.3 is 0 Å². The van der Waals surface area contributed by atoms with Gasteiger partial charge in [-0.15, -0.1) is 11.6 Å². The van der Waals surface area contributed by atoms with Gasteiger partial charge in [0.25, 0.3) is 0 Å². The van der Waals surface area contributed by atoms with Crippen LogP contribution in [0, 0.1) is 5.92 Å². The summed E-state index contributed by atoms with van der Waals surface area (Å²) in [6.45, 7) is 2.25. The number of hydrogen-bond acceptors (Lipinski definition) is 0. The molecule has 1 aliphatic rings. The first-order valence-electron chi connectivity index (χ1n) is 4.26. The van der Waals surface area contributed by atoms with Gasteiger partial charge < -0.3 is 0 Å². The summed E-state index contributed by atoms with van der Waals surface area (Å²) in [5.41, 5.74) is 1.46. The molecular formula is C10H15Cl. The summed E-state index contributed by atoms with van der Waals surface area (Å²) in [5.74, 6) is 1.50. The number of alkyl halides is 1. The van der Waals surface area contributed by atoms with E-state index in [1.54, 1.807) is 0 Å². The second kappa shape index (κ2) is 4.61. The molecule has 0 aromatic carbocycles. The van der Waals surface area contributed by atoms with Crippen molar-refractivity contribution in [3.05, 3.63) is 23.8 Å². The van der Waals surface area contributed by atoms with Crippen molar-refractivity contribution in [2.75, 3.05) is 5.88 Å². The zero-order valence-corrected chi connectivity index (χ0v) is 7.77. The molecule has 0 bridgehead atoms. The highest BCUT2D eigenvalue weighted by Crippen LogP contribution is 2.19. The number of hydrogen-bond donors (Lipinski definition) is 0. The van der Waals surface area contributed by atoms with Gasteiger partial charge in [-0.2, -0.15) is 0 Å². The van der Waals surface area contributed by atoms with Gasteiger partial charge in [-0.05, 0) is 25.2 Å². The van der Waals surface area contributed by atoms with Crippen LogP contribution in [0.4, 0.5) is 0 Å². The predicted molar refractivity (Wildman–Crippen MR) is 51.0 cm³/mol. The fraction of sp³-hybridized carbons (Fsp3) is 0.600. The van der Waals surface area contributed by atoms with Gasteiger partial charge in [0, 0.05) is 5.88 Å². The molecule has 1 heteroatoms. The number of rotatable bonds is 3. The summed E-state index contributed by atoms with van der Waals surface area (Å²) >= 11 is 5.61. The molecule has 1 aliphatic carbocycles. The van der Waals surface area contributed by atoms with Gasteiger partial charge in [-0.3, -0.25) is 0 Å². The van der Waals surface area contributed by atoms with Crippen LogP contribution in [0.1, 0.15) is 26.2 Å². The molecule has 0 amide bonds. The van der Waals surface area contributed by atoms with E-state index >= 15 is 0 Å². The maximum absolute atomic E-state index is 5.61. The molecule has 0 N–H and O–H groups in total. The molecule has 1 atom stereocenters. The number of allylic oxidation sites excluding steroid dienone is 4. The largest absolute Gasteiger partial charge is 0.127 e. The first kappa shape index (κ1) is 8.86. The average molecular weight is 171 g/mol. The molecule has 0 heterocycles. The minimum atomic E-state index is 0.727. The maximum atomic E-state index is 5.61. The molecule has 0 radical (unpaired) electrons. The van der Waals surface area contributed by atoms with Crippen molar-refractivity contribution >= 4 is 11.6 Å². The number of halogens is 1. The van der Waals surface area contributed by atoms with E-state index < -0.39 is 0 Å². The van der Waals surface area contributed by atoms with Crippen LogP contribution in [0.5, 0.6) is 0 Å². The molecule has 0 aromatic heterocycles.